The highest BCUT2D eigenvalue weighted by Gasteiger charge is 2.20. The van der Waals surface area contributed by atoms with E-state index in [0.29, 0.717) is 22.6 Å². The van der Waals surface area contributed by atoms with Crippen LogP contribution in [0.2, 0.25) is 0 Å². The molecular formula is C23H16N2O6. The largest absolute Gasteiger partial charge is 0.467 e. The van der Waals surface area contributed by atoms with Gasteiger partial charge in [-0.2, -0.15) is 0 Å². The molecule has 0 unspecified atom stereocenters. The Morgan fingerprint density at radius 2 is 1.90 bits per heavy atom. The minimum atomic E-state index is -0.489. The van der Waals surface area contributed by atoms with Crippen molar-refractivity contribution in [3.8, 4) is 5.75 Å². The van der Waals surface area contributed by atoms with Crippen molar-refractivity contribution in [3.05, 3.63) is 81.9 Å². The fourth-order valence-electron chi connectivity index (χ4n) is 3.61. The molecule has 1 aliphatic rings. The fraction of sp³-hybridized carbons (Fsp3) is 0.0870. The number of ether oxygens (including phenoxy) is 2. The Morgan fingerprint density at radius 3 is 2.77 bits per heavy atom. The Kier molecular flexibility index (Phi) is 4.61. The van der Waals surface area contributed by atoms with Crippen molar-refractivity contribution >= 4 is 45.3 Å². The Bertz CT molecular complexity index is 1370. The van der Waals surface area contributed by atoms with E-state index in [1.54, 1.807) is 12.1 Å². The van der Waals surface area contributed by atoms with Gasteiger partial charge in [0.1, 0.15) is 16.9 Å². The van der Waals surface area contributed by atoms with Crippen LogP contribution in [0.3, 0.4) is 0 Å². The summed E-state index contributed by atoms with van der Waals surface area (Å²) in [5.41, 5.74) is 3.04. The topological polar surface area (TPSA) is 104 Å². The average Bonchev–Trinajstić information content (AvgIpc) is 3.15. The number of rotatable bonds is 4. The van der Waals surface area contributed by atoms with E-state index >= 15 is 0 Å². The molecule has 3 aromatic carbocycles. The first kappa shape index (κ1) is 18.8. The second-order valence-electron chi connectivity index (χ2n) is 7.02. The number of non-ortho nitro benzene ring substituents is 1. The average molecular weight is 416 g/mol. The molecule has 2 heterocycles. The Morgan fingerprint density at radius 1 is 1.06 bits per heavy atom. The summed E-state index contributed by atoms with van der Waals surface area (Å²) in [6.07, 6.45) is 2.81. The van der Waals surface area contributed by atoms with Crippen LogP contribution in [0.5, 0.6) is 5.75 Å². The van der Waals surface area contributed by atoms with Gasteiger partial charge in [-0.3, -0.25) is 14.9 Å². The monoisotopic (exact) mass is 416 g/mol. The van der Waals surface area contributed by atoms with E-state index in [1.165, 1.54) is 24.3 Å². The van der Waals surface area contributed by atoms with Crippen molar-refractivity contribution in [3.63, 3.8) is 0 Å². The highest BCUT2D eigenvalue weighted by atomic mass is 16.7. The predicted octanol–water partition coefficient (Wildman–Crippen LogP) is 5.01. The zero-order chi connectivity index (χ0) is 21.4. The SMILES string of the molecule is O=C(/C=C/c1cc([N+](=O)[O-])cc2c1OCOC2)Nc1ccc2oc3ccccc3c2c1. The summed E-state index contributed by atoms with van der Waals surface area (Å²) in [5.74, 6) is 0.103. The van der Waals surface area contributed by atoms with E-state index in [0.717, 1.165) is 21.9 Å². The van der Waals surface area contributed by atoms with Gasteiger partial charge < -0.3 is 19.2 Å². The highest BCUT2D eigenvalue weighted by Crippen LogP contribution is 2.34. The zero-order valence-corrected chi connectivity index (χ0v) is 16.2. The number of nitro benzene ring substituents is 1. The molecule has 8 nitrogen and oxygen atoms in total. The maximum atomic E-state index is 12.5. The van der Waals surface area contributed by atoms with Crippen molar-refractivity contribution in [2.24, 2.45) is 0 Å². The van der Waals surface area contributed by atoms with Crippen molar-refractivity contribution < 1.29 is 23.6 Å². The number of para-hydroxylation sites is 1. The van der Waals surface area contributed by atoms with Gasteiger partial charge in [-0.1, -0.05) is 18.2 Å². The van der Waals surface area contributed by atoms with Crippen molar-refractivity contribution in [1.82, 2.24) is 0 Å². The van der Waals surface area contributed by atoms with Crippen molar-refractivity contribution in [2.75, 3.05) is 12.1 Å². The van der Waals surface area contributed by atoms with Gasteiger partial charge in [-0.25, -0.2) is 0 Å². The number of amides is 1. The van der Waals surface area contributed by atoms with Crippen molar-refractivity contribution in [1.29, 1.82) is 0 Å². The van der Waals surface area contributed by atoms with E-state index in [2.05, 4.69) is 5.32 Å². The van der Waals surface area contributed by atoms with Crippen LogP contribution in [0, 0.1) is 10.1 Å². The standard InChI is InChI=1S/C23H16N2O6/c26-22(8-5-14-9-17(25(27)28)10-15-12-29-13-30-23(14)15)24-16-6-7-21-19(11-16)18-3-1-2-4-20(18)31-21/h1-11H,12-13H2,(H,24,26)/b8-5+. The van der Waals surface area contributed by atoms with E-state index in [-0.39, 0.29) is 25.0 Å². The first-order chi connectivity index (χ1) is 15.1. The van der Waals surface area contributed by atoms with Gasteiger partial charge in [0.05, 0.1) is 11.5 Å². The summed E-state index contributed by atoms with van der Waals surface area (Å²) < 4.78 is 16.5. The molecule has 8 heteroatoms. The van der Waals surface area contributed by atoms with Crippen LogP contribution in [0.25, 0.3) is 28.0 Å². The number of hydrogen-bond donors (Lipinski definition) is 1. The number of nitro groups is 1. The van der Waals surface area contributed by atoms with Crippen molar-refractivity contribution in [2.45, 2.75) is 6.61 Å². The second kappa shape index (κ2) is 7.58. The van der Waals surface area contributed by atoms with E-state index in [9.17, 15) is 14.9 Å². The molecule has 4 aromatic rings. The van der Waals surface area contributed by atoms with Gasteiger partial charge in [0.2, 0.25) is 5.91 Å². The van der Waals surface area contributed by atoms with Crippen LogP contribution < -0.4 is 10.1 Å². The molecule has 0 spiro atoms. The molecule has 1 aromatic heterocycles. The lowest BCUT2D eigenvalue weighted by Crippen LogP contribution is -2.13. The van der Waals surface area contributed by atoms with Crippen LogP contribution in [-0.4, -0.2) is 17.6 Å². The molecule has 0 bridgehead atoms. The fourth-order valence-corrected chi connectivity index (χ4v) is 3.61. The third kappa shape index (κ3) is 3.60. The molecule has 0 aliphatic carbocycles. The van der Waals surface area contributed by atoms with Gasteiger partial charge in [0.25, 0.3) is 5.69 Å². The molecule has 1 aliphatic heterocycles. The van der Waals surface area contributed by atoms with Gasteiger partial charge in [0, 0.05) is 45.8 Å². The summed E-state index contributed by atoms with van der Waals surface area (Å²) >= 11 is 0. The Balaban J connectivity index is 1.41. The maximum Gasteiger partial charge on any atom is 0.270 e. The lowest BCUT2D eigenvalue weighted by Gasteiger charge is -2.19. The first-order valence-electron chi connectivity index (χ1n) is 9.51. The van der Waals surface area contributed by atoms with Gasteiger partial charge >= 0.3 is 0 Å². The van der Waals surface area contributed by atoms with Gasteiger partial charge in [-0.05, 0) is 30.3 Å². The molecule has 0 radical (unpaired) electrons. The molecule has 5 rings (SSSR count). The van der Waals surface area contributed by atoms with Crippen LogP contribution in [0.1, 0.15) is 11.1 Å². The highest BCUT2D eigenvalue weighted by molar-refractivity contribution is 6.08. The van der Waals surface area contributed by atoms with Crippen LogP contribution in [-0.2, 0) is 16.1 Å². The van der Waals surface area contributed by atoms with Crippen LogP contribution in [0.4, 0.5) is 11.4 Å². The molecule has 31 heavy (non-hydrogen) atoms. The lowest BCUT2D eigenvalue weighted by molar-refractivity contribution is -0.385. The molecule has 0 saturated heterocycles. The number of hydrogen-bond acceptors (Lipinski definition) is 6. The predicted molar refractivity (Wildman–Crippen MR) is 115 cm³/mol. The number of fused-ring (bicyclic) bond motifs is 4. The van der Waals surface area contributed by atoms with Gasteiger partial charge in [0.15, 0.2) is 6.79 Å². The summed E-state index contributed by atoms with van der Waals surface area (Å²) in [6, 6.07) is 15.9. The third-order valence-corrected chi connectivity index (χ3v) is 4.99. The number of carbonyl (C=O) groups is 1. The molecule has 1 N–H and O–H groups in total. The van der Waals surface area contributed by atoms with Crippen LogP contribution in [0.15, 0.2) is 65.1 Å². The summed E-state index contributed by atoms with van der Waals surface area (Å²) in [7, 11) is 0. The number of nitrogens with one attached hydrogen (secondary N) is 1. The Labute approximate surface area is 175 Å². The van der Waals surface area contributed by atoms with Gasteiger partial charge in [-0.15, -0.1) is 0 Å². The molecule has 0 atom stereocenters. The Hall–Kier alpha value is -4.17. The normalized spacial score (nSPS) is 13.3. The summed E-state index contributed by atoms with van der Waals surface area (Å²) in [4.78, 5) is 23.2. The molecule has 0 saturated carbocycles. The molecule has 1 amide bonds. The minimum absolute atomic E-state index is 0.0521. The number of benzene rings is 3. The summed E-state index contributed by atoms with van der Waals surface area (Å²) in [6.45, 7) is 0.263. The molecule has 154 valence electrons. The zero-order valence-electron chi connectivity index (χ0n) is 16.2. The number of nitrogens with zero attached hydrogens (tertiary/aromatic N) is 1. The number of anilines is 1. The number of carbonyl (C=O) groups excluding carboxylic acids is 1. The third-order valence-electron chi connectivity index (χ3n) is 4.99. The molecular weight excluding hydrogens is 400 g/mol. The number of furan rings is 1. The van der Waals surface area contributed by atoms with E-state index in [4.69, 9.17) is 13.9 Å². The first-order valence-corrected chi connectivity index (χ1v) is 9.51. The lowest BCUT2D eigenvalue weighted by atomic mass is 10.1. The quantitative estimate of drug-likeness (QED) is 0.285. The van der Waals surface area contributed by atoms with E-state index < -0.39 is 4.92 Å². The summed E-state index contributed by atoms with van der Waals surface area (Å²) in [5, 5.41) is 15.9. The van der Waals surface area contributed by atoms with E-state index in [1.807, 2.05) is 30.3 Å². The smallest absolute Gasteiger partial charge is 0.270 e. The van der Waals surface area contributed by atoms with Crippen LogP contribution >= 0.6 is 0 Å². The minimum Gasteiger partial charge on any atom is -0.467 e. The molecule has 0 fully saturated rings. The maximum absolute atomic E-state index is 12.5. The second-order valence-corrected chi connectivity index (χ2v) is 7.02.